The van der Waals surface area contributed by atoms with E-state index in [0.717, 1.165) is 0 Å². The van der Waals surface area contributed by atoms with E-state index in [-0.39, 0.29) is 17.0 Å². The number of imidazole rings is 1. The molecule has 0 amide bonds. The normalized spacial score (nSPS) is 26.6. The molecule has 2 aromatic rings. The molecule has 3 rings (SSSR count). The first-order chi connectivity index (χ1) is 12.5. The summed E-state index contributed by atoms with van der Waals surface area (Å²) < 4.78 is 54.0. The molecule has 14 nitrogen and oxygen atoms in total. The lowest BCUT2D eigenvalue weighted by Crippen LogP contribution is -2.42. The van der Waals surface area contributed by atoms with Crippen LogP contribution in [0.25, 0.3) is 11.2 Å². The molecule has 1 aliphatic rings. The summed E-state index contributed by atoms with van der Waals surface area (Å²) in [6.45, 7) is -0.490. The monoisotopic (exact) mass is 423 g/mol. The molecule has 0 spiro atoms. The van der Waals surface area contributed by atoms with Crippen LogP contribution in [0.4, 0.5) is 5.82 Å². The molecule has 4 atom stereocenters. The Balaban J connectivity index is 1.77. The number of hydrogen-bond acceptors (Lipinski definition) is 11. The van der Waals surface area contributed by atoms with Crippen LogP contribution in [0.1, 0.15) is 6.23 Å². The molecule has 0 saturated carbocycles. The molecule has 3 heterocycles. The number of ether oxygens (including phenoxy) is 1. The van der Waals surface area contributed by atoms with Crippen molar-refractivity contribution >= 4 is 37.0 Å². The lowest BCUT2D eigenvalue weighted by atomic mass is 10.1. The maximum absolute atomic E-state index is 11.7. The summed E-state index contributed by atoms with van der Waals surface area (Å²) in [7, 11) is -8.54. The maximum atomic E-state index is 11.7. The summed E-state index contributed by atoms with van der Waals surface area (Å²) >= 11 is 0. The van der Waals surface area contributed by atoms with Crippen molar-refractivity contribution in [2.24, 2.45) is 5.14 Å². The van der Waals surface area contributed by atoms with E-state index in [0.29, 0.717) is 0 Å². The number of rotatable bonds is 6. The number of nitrogens with one attached hydrogen (secondary N) is 1. The van der Waals surface area contributed by atoms with Crippen LogP contribution in [0.3, 0.4) is 0 Å². The fourth-order valence-electron chi connectivity index (χ4n) is 2.65. The standard InChI is InChI=1S/C11H17N7O7S2/c12-9-6-10(15-2-14-9)18(3-16-6)11-8(20)7(19)5(25-11)1-17-27(23,24)4-26(13,21)22/h2-3,5,7-8,11,17,19-20H,1,4H2,(H2,12,14,15)(H2,13,21,22)/t5-,7-,8-,11-/m1/s1. The van der Waals surface area contributed by atoms with Crippen LogP contribution >= 0.6 is 0 Å². The number of nitrogen functional groups attached to an aromatic ring is 1. The van der Waals surface area contributed by atoms with Gasteiger partial charge in [0, 0.05) is 6.54 Å². The Bertz CT molecular complexity index is 1050. The third-order valence-electron chi connectivity index (χ3n) is 3.82. The third-order valence-corrected chi connectivity index (χ3v) is 6.98. The van der Waals surface area contributed by atoms with Gasteiger partial charge in [0.05, 0.1) is 6.33 Å². The summed E-state index contributed by atoms with van der Waals surface area (Å²) in [5.41, 5.74) is 6.20. The van der Waals surface area contributed by atoms with Crippen LogP contribution < -0.4 is 15.6 Å². The number of sulfonamides is 2. The van der Waals surface area contributed by atoms with Crippen molar-refractivity contribution in [3.63, 3.8) is 0 Å². The van der Waals surface area contributed by atoms with Gasteiger partial charge in [-0.05, 0) is 0 Å². The van der Waals surface area contributed by atoms with E-state index in [1.807, 2.05) is 4.72 Å². The molecule has 27 heavy (non-hydrogen) atoms. The number of aromatic nitrogens is 4. The van der Waals surface area contributed by atoms with E-state index >= 15 is 0 Å². The summed E-state index contributed by atoms with van der Waals surface area (Å²) in [6, 6.07) is 0. The summed E-state index contributed by atoms with van der Waals surface area (Å²) in [6.07, 6.45) is -2.74. The molecule has 0 aromatic carbocycles. The lowest BCUT2D eigenvalue weighted by molar-refractivity contribution is -0.0330. The third kappa shape index (κ3) is 4.15. The largest absolute Gasteiger partial charge is 0.387 e. The van der Waals surface area contributed by atoms with Gasteiger partial charge < -0.3 is 20.7 Å². The molecule has 1 aliphatic heterocycles. The van der Waals surface area contributed by atoms with Crippen molar-refractivity contribution in [3.05, 3.63) is 12.7 Å². The zero-order chi connectivity index (χ0) is 20.0. The van der Waals surface area contributed by atoms with Gasteiger partial charge in [0.1, 0.15) is 30.2 Å². The van der Waals surface area contributed by atoms with E-state index in [9.17, 15) is 27.0 Å². The Labute approximate surface area is 153 Å². The molecule has 2 aromatic heterocycles. The zero-order valence-electron chi connectivity index (χ0n) is 13.6. The lowest BCUT2D eigenvalue weighted by Gasteiger charge is -2.16. The van der Waals surface area contributed by atoms with E-state index < -0.39 is 56.2 Å². The summed E-state index contributed by atoms with van der Waals surface area (Å²) in [5, 5.41) is 23.8. The molecule has 0 radical (unpaired) electrons. The molecule has 1 fully saturated rings. The van der Waals surface area contributed by atoms with Crippen molar-refractivity contribution in [1.29, 1.82) is 0 Å². The van der Waals surface area contributed by atoms with Crippen LogP contribution in [0.5, 0.6) is 0 Å². The SMILES string of the molecule is Nc1ncnc2c1ncn2[C@@H]1O[C@H](CNS(=O)(=O)CS(N)(=O)=O)[C@@H](O)[C@H]1O. The molecular weight excluding hydrogens is 406 g/mol. The maximum Gasteiger partial charge on any atom is 0.227 e. The summed E-state index contributed by atoms with van der Waals surface area (Å²) in [4.78, 5) is 11.8. The van der Waals surface area contributed by atoms with Gasteiger partial charge in [-0.25, -0.2) is 41.6 Å². The first-order valence-corrected chi connectivity index (χ1v) is 10.8. The number of aliphatic hydroxyl groups excluding tert-OH is 2. The topological polar surface area (TPSA) is 226 Å². The highest BCUT2D eigenvalue weighted by molar-refractivity contribution is 8.06. The second-order valence-electron chi connectivity index (χ2n) is 5.87. The van der Waals surface area contributed by atoms with Gasteiger partial charge in [-0.3, -0.25) is 4.57 Å². The molecule has 7 N–H and O–H groups in total. The molecule has 0 bridgehead atoms. The van der Waals surface area contributed by atoms with E-state index in [1.165, 1.54) is 17.2 Å². The number of hydrogen-bond donors (Lipinski definition) is 5. The molecular formula is C11H17N7O7S2. The van der Waals surface area contributed by atoms with Gasteiger partial charge in [0.15, 0.2) is 22.8 Å². The van der Waals surface area contributed by atoms with Crippen molar-refractivity contribution in [2.75, 3.05) is 17.4 Å². The summed E-state index contributed by atoms with van der Waals surface area (Å²) in [5.74, 6) is 0.110. The van der Waals surface area contributed by atoms with Gasteiger partial charge in [-0.1, -0.05) is 0 Å². The Morgan fingerprint density at radius 3 is 2.56 bits per heavy atom. The number of primary sulfonamides is 1. The fourth-order valence-corrected chi connectivity index (χ4v) is 5.13. The van der Waals surface area contributed by atoms with Crippen LogP contribution in [-0.4, -0.2) is 76.5 Å². The first kappa shape index (κ1) is 19.8. The van der Waals surface area contributed by atoms with Crippen molar-refractivity contribution in [1.82, 2.24) is 24.2 Å². The second kappa shape index (κ2) is 6.89. The van der Waals surface area contributed by atoms with E-state index in [1.54, 1.807) is 0 Å². The van der Waals surface area contributed by atoms with Gasteiger partial charge in [-0.2, -0.15) is 0 Å². The number of nitrogens with two attached hydrogens (primary N) is 2. The smallest absolute Gasteiger partial charge is 0.227 e. The van der Waals surface area contributed by atoms with Gasteiger partial charge in [0.2, 0.25) is 20.0 Å². The van der Waals surface area contributed by atoms with E-state index in [4.69, 9.17) is 15.6 Å². The highest BCUT2D eigenvalue weighted by atomic mass is 32.3. The van der Waals surface area contributed by atoms with E-state index in [2.05, 4.69) is 15.0 Å². The highest BCUT2D eigenvalue weighted by Gasteiger charge is 2.44. The quantitative estimate of drug-likeness (QED) is 0.302. The predicted octanol–water partition coefficient (Wildman–Crippen LogP) is -3.81. The Hall–Kier alpha value is -1.95. The van der Waals surface area contributed by atoms with Crippen molar-refractivity contribution in [2.45, 2.75) is 24.5 Å². The van der Waals surface area contributed by atoms with Crippen LogP contribution in [-0.2, 0) is 24.8 Å². The minimum atomic E-state index is -4.27. The zero-order valence-corrected chi connectivity index (χ0v) is 15.2. The van der Waals surface area contributed by atoms with Crippen molar-refractivity contribution < 1.29 is 31.8 Å². The number of anilines is 1. The molecule has 0 aliphatic carbocycles. The minimum Gasteiger partial charge on any atom is -0.387 e. The average Bonchev–Trinajstić information content (AvgIpc) is 3.07. The number of aliphatic hydroxyl groups is 2. The van der Waals surface area contributed by atoms with Crippen LogP contribution in [0, 0.1) is 0 Å². The van der Waals surface area contributed by atoms with Crippen LogP contribution in [0.2, 0.25) is 0 Å². The van der Waals surface area contributed by atoms with Gasteiger partial charge in [-0.15, -0.1) is 0 Å². The fraction of sp³-hybridized carbons (Fsp3) is 0.545. The minimum absolute atomic E-state index is 0.110. The predicted molar refractivity (Wildman–Crippen MR) is 90.6 cm³/mol. The molecule has 150 valence electrons. The second-order valence-corrected chi connectivity index (χ2v) is 9.66. The van der Waals surface area contributed by atoms with Gasteiger partial charge >= 0.3 is 0 Å². The molecule has 1 saturated heterocycles. The van der Waals surface area contributed by atoms with Crippen LogP contribution in [0.15, 0.2) is 12.7 Å². The highest BCUT2D eigenvalue weighted by Crippen LogP contribution is 2.31. The number of fused-ring (bicyclic) bond motifs is 1. The average molecular weight is 423 g/mol. The first-order valence-electron chi connectivity index (χ1n) is 7.41. The Morgan fingerprint density at radius 2 is 1.89 bits per heavy atom. The molecule has 16 heteroatoms. The van der Waals surface area contributed by atoms with Crippen molar-refractivity contribution in [3.8, 4) is 0 Å². The Kier molecular flexibility index (Phi) is 5.06. The van der Waals surface area contributed by atoms with Gasteiger partial charge in [0.25, 0.3) is 0 Å². The Morgan fingerprint density at radius 1 is 1.19 bits per heavy atom. The molecule has 0 unspecified atom stereocenters. The number of nitrogens with zero attached hydrogens (tertiary/aromatic N) is 4.